The van der Waals surface area contributed by atoms with Gasteiger partial charge in [0.25, 0.3) is 0 Å². The van der Waals surface area contributed by atoms with E-state index in [1.807, 2.05) is 12.1 Å². The first-order valence-electron chi connectivity index (χ1n) is 8.83. The largest absolute Gasteiger partial charge is 0.496 e. The van der Waals surface area contributed by atoms with E-state index in [4.69, 9.17) is 15.1 Å². The van der Waals surface area contributed by atoms with Crippen LogP contribution in [0.5, 0.6) is 5.75 Å². The minimum Gasteiger partial charge on any atom is -0.496 e. The summed E-state index contributed by atoms with van der Waals surface area (Å²) < 4.78 is 50.5. The summed E-state index contributed by atoms with van der Waals surface area (Å²) in [5, 5.41) is 12.3. The lowest BCUT2D eigenvalue weighted by Crippen LogP contribution is -2.12. The summed E-state index contributed by atoms with van der Waals surface area (Å²) >= 11 is 1.19. The maximum atomic E-state index is 12.9. The van der Waals surface area contributed by atoms with Gasteiger partial charge in [0.1, 0.15) is 5.75 Å². The maximum Gasteiger partial charge on any atom is 0.416 e. The number of thioether (sulfide) groups is 1. The van der Waals surface area contributed by atoms with E-state index < -0.39 is 11.7 Å². The number of aromatic nitrogens is 5. The van der Waals surface area contributed by atoms with Gasteiger partial charge in [-0.15, -0.1) is 10.2 Å². The minimum atomic E-state index is -4.46. The normalized spacial score (nSPS) is 11.6. The molecule has 2 aromatic heterocycles. The van der Waals surface area contributed by atoms with E-state index in [2.05, 4.69) is 20.3 Å². The molecule has 0 amide bonds. The second kappa shape index (κ2) is 8.30. The molecule has 4 rings (SSSR count). The Hall–Kier alpha value is -3.54. The van der Waals surface area contributed by atoms with Crippen molar-refractivity contribution in [1.82, 2.24) is 25.0 Å². The fourth-order valence-corrected chi connectivity index (χ4v) is 3.47. The molecule has 0 aliphatic carbocycles. The lowest BCUT2D eigenvalue weighted by atomic mass is 10.1. The van der Waals surface area contributed by atoms with E-state index in [1.54, 1.807) is 19.2 Å². The summed E-state index contributed by atoms with van der Waals surface area (Å²) in [5.41, 5.74) is 0.0950. The van der Waals surface area contributed by atoms with Crippen LogP contribution in [0.1, 0.15) is 11.5 Å². The minimum absolute atomic E-state index is 0.0608. The lowest BCUT2D eigenvalue weighted by Gasteiger charge is -2.07. The van der Waals surface area contributed by atoms with E-state index in [-0.39, 0.29) is 23.0 Å². The van der Waals surface area contributed by atoms with Crippen molar-refractivity contribution < 1.29 is 22.4 Å². The van der Waals surface area contributed by atoms with Crippen LogP contribution in [0, 0.1) is 0 Å². The van der Waals surface area contributed by atoms with Crippen LogP contribution in [0.3, 0.4) is 0 Å². The molecule has 2 aromatic carbocycles. The first-order chi connectivity index (χ1) is 14.9. The van der Waals surface area contributed by atoms with Gasteiger partial charge in [-0.2, -0.15) is 18.2 Å². The molecule has 0 bridgehead atoms. The average molecular weight is 448 g/mol. The molecule has 0 aliphatic heterocycles. The number of nitrogen functional groups attached to an aromatic ring is 1. The van der Waals surface area contributed by atoms with Crippen LogP contribution in [0.15, 0.2) is 58.2 Å². The number of nitrogens with zero attached hydrogens (tertiary/aromatic N) is 5. The van der Waals surface area contributed by atoms with Crippen LogP contribution < -0.4 is 10.6 Å². The number of nitrogens with two attached hydrogens (primary N) is 1. The predicted octanol–water partition coefficient (Wildman–Crippen LogP) is 4.03. The van der Waals surface area contributed by atoms with Crippen LogP contribution >= 0.6 is 11.8 Å². The van der Waals surface area contributed by atoms with Gasteiger partial charge in [-0.3, -0.25) is 0 Å². The Kier molecular flexibility index (Phi) is 5.55. The molecule has 0 aliphatic rings. The number of methoxy groups -OCH3 is 1. The lowest BCUT2D eigenvalue weighted by molar-refractivity contribution is -0.137. The first-order valence-corrected chi connectivity index (χ1v) is 9.82. The zero-order valence-electron chi connectivity index (χ0n) is 16.0. The molecule has 0 spiro atoms. The van der Waals surface area contributed by atoms with Gasteiger partial charge >= 0.3 is 6.18 Å². The molecule has 2 N–H and O–H groups in total. The molecule has 2 heterocycles. The summed E-state index contributed by atoms with van der Waals surface area (Å²) in [6.07, 6.45) is -4.46. The van der Waals surface area contributed by atoms with Gasteiger partial charge in [0.15, 0.2) is 5.82 Å². The van der Waals surface area contributed by atoms with E-state index in [0.717, 1.165) is 12.1 Å². The Bertz CT molecular complexity index is 1210. The number of alkyl halides is 3. The fraction of sp³-hybridized carbons (Fsp3) is 0.158. The molecular weight excluding hydrogens is 433 g/mol. The molecule has 12 heteroatoms. The van der Waals surface area contributed by atoms with Crippen molar-refractivity contribution in [2.75, 3.05) is 13.0 Å². The average Bonchev–Trinajstić information content (AvgIpc) is 3.38. The highest BCUT2D eigenvalue weighted by Crippen LogP contribution is 2.32. The van der Waals surface area contributed by atoms with E-state index in [1.165, 1.54) is 28.6 Å². The standard InChI is InChI=1S/C19H15F3N6O2S/c1-29-14-8-3-2-7-13(14)17-25-26-18(28(17)23)31-10-15-24-16(27-30-15)11-5-4-6-12(9-11)19(20,21)22/h2-9H,10,23H2,1H3. The molecule has 160 valence electrons. The van der Waals surface area contributed by atoms with E-state index in [0.29, 0.717) is 22.3 Å². The van der Waals surface area contributed by atoms with Crippen molar-refractivity contribution in [3.63, 3.8) is 0 Å². The van der Waals surface area contributed by atoms with Crippen molar-refractivity contribution in [2.24, 2.45) is 0 Å². The van der Waals surface area contributed by atoms with Crippen molar-refractivity contribution in [3.8, 4) is 28.5 Å². The molecule has 0 saturated carbocycles. The Morgan fingerprint density at radius 1 is 1.13 bits per heavy atom. The summed E-state index contributed by atoms with van der Waals surface area (Å²) in [6.45, 7) is 0. The summed E-state index contributed by atoms with van der Waals surface area (Å²) in [7, 11) is 1.54. The molecule has 31 heavy (non-hydrogen) atoms. The summed E-state index contributed by atoms with van der Waals surface area (Å²) in [4.78, 5) is 4.16. The fourth-order valence-electron chi connectivity index (χ4n) is 2.78. The maximum absolute atomic E-state index is 12.9. The van der Waals surface area contributed by atoms with Gasteiger partial charge in [0.05, 0.1) is 24.0 Å². The van der Waals surface area contributed by atoms with Gasteiger partial charge in [-0.05, 0) is 24.3 Å². The molecular formula is C19H15F3N6O2S. The highest BCUT2D eigenvalue weighted by molar-refractivity contribution is 7.98. The third-order valence-electron chi connectivity index (χ3n) is 4.25. The molecule has 0 unspecified atom stereocenters. The van der Waals surface area contributed by atoms with Crippen LogP contribution in [-0.2, 0) is 11.9 Å². The quantitative estimate of drug-likeness (QED) is 0.348. The van der Waals surface area contributed by atoms with Gasteiger partial charge < -0.3 is 15.1 Å². The SMILES string of the molecule is COc1ccccc1-c1nnc(SCc2nc(-c3cccc(C(F)(F)F)c3)no2)n1N. The van der Waals surface area contributed by atoms with E-state index in [9.17, 15) is 13.2 Å². The first kappa shape index (κ1) is 20.7. The van der Waals surface area contributed by atoms with Gasteiger partial charge in [-0.25, -0.2) is 4.68 Å². The molecule has 0 saturated heterocycles. The number of benzene rings is 2. The highest BCUT2D eigenvalue weighted by atomic mass is 32.2. The molecule has 0 fully saturated rings. The Labute approximate surface area is 178 Å². The molecule has 4 aromatic rings. The Balaban J connectivity index is 1.49. The number of para-hydroxylation sites is 1. The molecule has 8 nitrogen and oxygen atoms in total. The third-order valence-corrected chi connectivity index (χ3v) is 5.18. The topological polar surface area (TPSA) is 105 Å². The Morgan fingerprint density at radius 3 is 2.71 bits per heavy atom. The number of hydrogen-bond acceptors (Lipinski definition) is 8. The van der Waals surface area contributed by atoms with Crippen LogP contribution in [0.25, 0.3) is 22.8 Å². The number of hydrogen-bond donors (Lipinski definition) is 1. The van der Waals surface area contributed by atoms with Gasteiger partial charge in [-0.1, -0.05) is 41.2 Å². The second-order valence-electron chi connectivity index (χ2n) is 6.26. The zero-order chi connectivity index (χ0) is 22.0. The number of halogens is 3. The third kappa shape index (κ3) is 4.33. The van der Waals surface area contributed by atoms with Crippen LogP contribution in [0.2, 0.25) is 0 Å². The van der Waals surface area contributed by atoms with Crippen LogP contribution in [0.4, 0.5) is 13.2 Å². The van der Waals surface area contributed by atoms with Crippen LogP contribution in [-0.4, -0.2) is 32.1 Å². The molecule has 0 atom stereocenters. The number of rotatable bonds is 6. The van der Waals surface area contributed by atoms with Crippen molar-refractivity contribution in [1.29, 1.82) is 0 Å². The van der Waals surface area contributed by atoms with E-state index >= 15 is 0 Å². The predicted molar refractivity (Wildman–Crippen MR) is 106 cm³/mol. The second-order valence-corrected chi connectivity index (χ2v) is 7.20. The van der Waals surface area contributed by atoms with Crippen molar-refractivity contribution in [2.45, 2.75) is 17.1 Å². The van der Waals surface area contributed by atoms with Crippen molar-refractivity contribution in [3.05, 3.63) is 60.0 Å². The summed E-state index contributed by atoms with van der Waals surface area (Å²) in [6, 6.07) is 12.0. The van der Waals surface area contributed by atoms with Crippen molar-refractivity contribution >= 4 is 11.8 Å². The Morgan fingerprint density at radius 2 is 1.94 bits per heavy atom. The number of ether oxygens (including phenoxy) is 1. The molecule has 0 radical (unpaired) electrons. The monoisotopic (exact) mass is 448 g/mol. The van der Waals surface area contributed by atoms with Gasteiger partial charge in [0, 0.05) is 5.56 Å². The van der Waals surface area contributed by atoms with Gasteiger partial charge in [0.2, 0.25) is 16.9 Å². The highest BCUT2D eigenvalue weighted by Gasteiger charge is 2.30. The summed E-state index contributed by atoms with van der Waals surface area (Å²) in [5.74, 6) is 7.60. The smallest absolute Gasteiger partial charge is 0.416 e. The zero-order valence-corrected chi connectivity index (χ0v) is 16.8.